The van der Waals surface area contributed by atoms with Crippen molar-refractivity contribution in [1.82, 2.24) is 0 Å². The summed E-state index contributed by atoms with van der Waals surface area (Å²) in [6.07, 6.45) is 0.942. The van der Waals surface area contributed by atoms with Crippen molar-refractivity contribution in [1.29, 1.82) is 0 Å². The van der Waals surface area contributed by atoms with E-state index < -0.39 is 21.9 Å². The standard InChI is InChI=1S/C12H16N2O5S/c1-14(20(2,17)18)10-6-4-3-5-9(10)12(16)19-8-7-11(13)15/h3-6H,7-8H2,1-2H3,(H2,13,15). The molecule has 0 spiro atoms. The van der Waals surface area contributed by atoms with Gasteiger partial charge in [-0.25, -0.2) is 13.2 Å². The molecule has 1 aromatic carbocycles. The number of ether oxygens (including phenoxy) is 1. The van der Waals surface area contributed by atoms with Gasteiger partial charge in [-0.1, -0.05) is 12.1 Å². The van der Waals surface area contributed by atoms with Crippen molar-refractivity contribution < 1.29 is 22.7 Å². The van der Waals surface area contributed by atoms with Gasteiger partial charge in [-0.3, -0.25) is 9.10 Å². The Bertz CT molecular complexity index is 612. The first-order valence-electron chi connectivity index (χ1n) is 5.72. The number of para-hydroxylation sites is 1. The summed E-state index contributed by atoms with van der Waals surface area (Å²) in [5.74, 6) is -1.29. The molecule has 0 atom stereocenters. The topological polar surface area (TPSA) is 107 Å². The summed E-state index contributed by atoms with van der Waals surface area (Å²) in [5.41, 5.74) is 5.24. The summed E-state index contributed by atoms with van der Waals surface area (Å²) in [5, 5.41) is 0. The highest BCUT2D eigenvalue weighted by molar-refractivity contribution is 7.92. The van der Waals surface area contributed by atoms with Gasteiger partial charge in [-0.15, -0.1) is 0 Å². The lowest BCUT2D eigenvalue weighted by molar-refractivity contribution is -0.118. The summed E-state index contributed by atoms with van der Waals surface area (Å²) in [6, 6.07) is 6.14. The fourth-order valence-electron chi connectivity index (χ4n) is 1.42. The number of carbonyl (C=O) groups excluding carboxylic acids is 2. The maximum absolute atomic E-state index is 11.9. The maximum Gasteiger partial charge on any atom is 0.340 e. The fourth-order valence-corrected chi connectivity index (χ4v) is 1.94. The molecule has 8 heteroatoms. The van der Waals surface area contributed by atoms with Crippen LogP contribution in [0.15, 0.2) is 24.3 Å². The average Bonchev–Trinajstić information content (AvgIpc) is 2.36. The SMILES string of the molecule is CN(c1ccccc1C(=O)OCCC(N)=O)S(C)(=O)=O. The second-order valence-corrected chi connectivity index (χ2v) is 6.11. The van der Waals surface area contributed by atoms with Crippen molar-refractivity contribution in [2.24, 2.45) is 5.73 Å². The molecule has 0 aromatic heterocycles. The van der Waals surface area contributed by atoms with Crippen LogP contribution in [0.3, 0.4) is 0 Å². The van der Waals surface area contributed by atoms with Crippen LogP contribution in [0.25, 0.3) is 0 Å². The molecular weight excluding hydrogens is 284 g/mol. The molecule has 1 rings (SSSR count). The Morgan fingerprint density at radius 2 is 1.90 bits per heavy atom. The highest BCUT2D eigenvalue weighted by atomic mass is 32.2. The molecule has 0 fully saturated rings. The van der Waals surface area contributed by atoms with Gasteiger partial charge in [-0.05, 0) is 12.1 Å². The van der Waals surface area contributed by atoms with Gasteiger partial charge >= 0.3 is 5.97 Å². The smallest absolute Gasteiger partial charge is 0.340 e. The van der Waals surface area contributed by atoms with Gasteiger partial charge in [-0.2, -0.15) is 0 Å². The second kappa shape index (κ2) is 6.38. The van der Waals surface area contributed by atoms with E-state index in [0.29, 0.717) is 0 Å². The van der Waals surface area contributed by atoms with Crippen LogP contribution >= 0.6 is 0 Å². The minimum Gasteiger partial charge on any atom is -0.461 e. The van der Waals surface area contributed by atoms with Crippen molar-refractivity contribution in [2.45, 2.75) is 6.42 Å². The Balaban J connectivity index is 2.96. The van der Waals surface area contributed by atoms with E-state index in [9.17, 15) is 18.0 Å². The Kier molecular flexibility index (Phi) is 5.09. The number of primary amides is 1. The molecule has 0 bridgehead atoms. The van der Waals surface area contributed by atoms with Crippen molar-refractivity contribution >= 4 is 27.6 Å². The number of nitrogens with two attached hydrogens (primary N) is 1. The zero-order chi connectivity index (χ0) is 15.3. The molecule has 0 aliphatic heterocycles. The number of carbonyl (C=O) groups is 2. The summed E-state index contributed by atoms with van der Waals surface area (Å²) < 4.78 is 28.9. The Hall–Kier alpha value is -2.09. The van der Waals surface area contributed by atoms with Gasteiger partial charge in [0, 0.05) is 7.05 Å². The number of amides is 1. The summed E-state index contributed by atoms with van der Waals surface area (Å²) >= 11 is 0. The normalized spacial score (nSPS) is 10.9. The third-order valence-electron chi connectivity index (χ3n) is 2.54. The van der Waals surface area contributed by atoms with Crippen LogP contribution in [-0.2, 0) is 19.6 Å². The summed E-state index contributed by atoms with van der Waals surface area (Å²) in [7, 11) is -2.16. The Morgan fingerprint density at radius 1 is 1.30 bits per heavy atom. The lowest BCUT2D eigenvalue weighted by atomic mass is 10.2. The Morgan fingerprint density at radius 3 is 2.45 bits per heavy atom. The van der Waals surface area contributed by atoms with E-state index in [1.54, 1.807) is 12.1 Å². The number of anilines is 1. The first kappa shape index (κ1) is 16.0. The van der Waals surface area contributed by atoms with E-state index in [2.05, 4.69) is 0 Å². The van der Waals surface area contributed by atoms with Crippen molar-refractivity contribution in [3.05, 3.63) is 29.8 Å². The van der Waals surface area contributed by atoms with E-state index in [4.69, 9.17) is 10.5 Å². The first-order chi connectivity index (χ1) is 9.23. The molecule has 2 N–H and O–H groups in total. The summed E-state index contributed by atoms with van der Waals surface area (Å²) in [4.78, 5) is 22.4. The van der Waals surface area contributed by atoms with Crippen LogP contribution in [0, 0.1) is 0 Å². The zero-order valence-electron chi connectivity index (χ0n) is 11.2. The molecule has 0 heterocycles. The second-order valence-electron chi connectivity index (χ2n) is 4.10. The molecule has 7 nitrogen and oxygen atoms in total. The molecule has 1 aromatic rings. The van der Waals surface area contributed by atoms with Crippen LogP contribution in [0.5, 0.6) is 0 Å². The van der Waals surface area contributed by atoms with Crippen molar-refractivity contribution in [3.63, 3.8) is 0 Å². The molecular formula is C12H16N2O5S. The predicted octanol–water partition coefficient (Wildman–Crippen LogP) is 0.115. The maximum atomic E-state index is 11.9. The molecule has 110 valence electrons. The molecule has 0 aliphatic rings. The number of rotatable bonds is 6. The highest BCUT2D eigenvalue weighted by Crippen LogP contribution is 2.22. The lowest BCUT2D eigenvalue weighted by Crippen LogP contribution is -2.27. The average molecular weight is 300 g/mol. The van der Waals surface area contributed by atoms with Gasteiger partial charge in [0.15, 0.2) is 0 Å². The quantitative estimate of drug-likeness (QED) is 0.751. The van der Waals surface area contributed by atoms with Crippen LogP contribution in [0.2, 0.25) is 0 Å². The lowest BCUT2D eigenvalue weighted by Gasteiger charge is -2.19. The zero-order valence-corrected chi connectivity index (χ0v) is 12.0. The number of benzene rings is 1. The van der Waals surface area contributed by atoms with E-state index in [-0.39, 0.29) is 24.3 Å². The first-order valence-corrected chi connectivity index (χ1v) is 7.56. The molecule has 20 heavy (non-hydrogen) atoms. The largest absolute Gasteiger partial charge is 0.461 e. The van der Waals surface area contributed by atoms with Gasteiger partial charge < -0.3 is 10.5 Å². The number of sulfonamides is 1. The monoisotopic (exact) mass is 300 g/mol. The summed E-state index contributed by atoms with van der Waals surface area (Å²) in [6.45, 7) is -0.148. The molecule has 1 amide bonds. The van der Waals surface area contributed by atoms with Crippen LogP contribution in [0.4, 0.5) is 5.69 Å². The van der Waals surface area contributed by atoms with E-state index in [1.807, 2.05) is 0 Å². The Labute approximate surface area is 117 Å². The number of nitrogens with zero attached hydrogens (tertiary/aromatic N) is 1. The van der Waals surface area contributed by atoms with Crippen molar-refractivity contribution in [3.8, 4) is 0 Å². The fraction of sp³-hybridized carbons (Fsp3) is 0.333. The van der Waals surface area contributed by atoms with Crippen LogP contribution < -0.4 is 10.0 Å². The third-order valence-corrected chi connectivity index (χ3v) is 3.73. The van der Waals surface area contributed by atoms with Crippen LogP contribution in [-0.4, -0.2) is 40.2 Å². The number of hydrogen-bond acceptors (Lipinski definition) is 5. The van der Waals surface area contributed by atoms with Gasteiger partial charge in [0.1, 0.15) is 6.61 Å². The molecule has 0 saturated carbocycles. The number of esters is 1. The van der Waals surface area contributed by atoms with Crippen LogP contribution in [0.1, 0.15) is 16.8 Å². The minimum atomic E-state index is -3.49. The van der Waals surface area contributed by atoms with Gasteiger partial charge in [0.05, 0.1) is 23.9 Å². The van der Waals surface area contributed by atoms with Crippen molar-refractivity contribution in [2.75, 3.05) is 24.2 Å². The minimum absolute atomic E-state index is 0.0875. The van der Waals surface area contributed by atoms with Gasteiger partial charge in [0.2, 0.25) is 15.9 Å². The number of hydrogen-bond donors (Lipinski definition) is 1. The molecule has 0 unspecified atom stereocenters. The predicted molar refractivity (Wildman–Crippen MR) is 73.8 cm³/mol. The third kappa shape index (κ3) is 4.23. The molecule has 0 aliphatic carbocycles. The highest BCUT2D eigenvalue weighted by Gasteiger charge is 2.20. The van der Waals surface area contributed by atoms with E-state index in [0.717, 1.165) is 10.6 Å². The molecule has 0 saturated heterocycles. The van der Waals surface area contributed by atoms with Gasteiger partial charge in [0.25, 0.3) is 0 Å². The molecule has 0 radical (unpaired) electrons. The van der Waals surface area contributed by atoms with E-state index in [1.165, 1.54) is 19.2 Å². The van der Waals surface area contributed by atoms with E-state index >= 15 is 0 Å².